The Hall–Kier alpha value is -2.73. The summed E-state index contributed by atoms with van der Waals surface area (Å²) >= 11 is 0. The number of benzene rings is 1. The monoisotopic (exact) mass is 361 g/mol. The first-order valence-corrected chi connectivity index (χ1v) is 9.69. The second kappa shape index (κ2) is 7.12. The molecule has 1 N–H and O–H groups in total. The fourth-order valence-electron chi connectivity index (χ4n) is 4.19. The molecule has 1 aromatic carbocycles. The molecule has 0 bridgehead atoms. The minimum Gasteiger partial charge on any atom is -0.474 e. The van der Waals surface area contributed by atoms with E-state index in [1.165, 1.54) is 11.3 Å². The Morgan fingerprint density at radius 3 is 2.63 bits per heavy atom. The lowest BCUT2D eigenvalue weighted by Gasteiger charge is -2.28. The smallest absolute Gasteiger partial charge is 0.213 e. The van der Waals surface area contributed by atoms with Gasteiger partial charge in [-0.05, 0) is 43.4 Å². The molecule has 5 rings (SSSR count). The molecule has 138 valence electrons. The Morgan fingerprint density at radius 1 is 0.926 bits per heavy atom. The fourth-order valence-corrected chi connectivity index (χ4v) is 4.19. The highest BCUT2D eigenvalue weighted by Crippen LogP contribution is 2.35. The van der Waals surface area contributed by atoms with Crippen LogP contribution in [-0.4, -0.2) is 25.9 Å². The molecule has 0 spiro atoms. The number of hydrogen-bond donors (Lipinski definition) is 1. The van der Waals surface area contributed by atoms with Crippen molar-refractivity contribution in [2.75, 3.05) is 0 Å². The highest BCUT2D eigenvalue weighted by atomic mass is 16.5. The standard InChI is InChI=1S/C21H23N5O/c1-2-6-18-16(5-1)13-22-14-19-24-25-21(26(18)19)15-8-10-17(11-9-15)27-20-7-3-4-12-23-20/h1-7,12,15,17,22H,8-11,13-14H2. The molecule has 1 aliphatic heterocycles. The number of rotatable bonds is 3. The van der Waals surface area contributed by atoms with Gasteiger partial charge >= 0.3 is 0 Å². The molecule has 1 aliphatic carbocycles. The van der Waals surface area contributed by atoms with E-state index in [1.807, 2.05) is 18.2 Å². The lowest BCUT2D eigenvalue weighted by Crippen LogP contribution is -2.25. The number of nitrogens with one attached hydrogen (secondary N) is 1. The van der Waals surface area contributed by atoms with Gasteiger partial charge in [-0.3, -0.25) is 4.57 Å². The van der Waals surface area contributed by atoms with Crippen LogP contribution in [0, 0.1) is 0 Å². The minimum absolute atomic E-state index is 0.233. The molecule has 2 aliphatic rings. The molecule has 3 aromatic rings. The number of aromatic nitrogens is 4. The molecule has 0 amide bonds. The first kappa shape index (κ1) is 16.4. The van der Waals surface area contributed by atoms with E-state index in [0.717, 1.165) is 56.3 Å². The Balaban J connectivity index is 1.36. The number of pyridine rings is 1. The fraction of sp³-hybridized carbons (Fsp3) is 0.381. The summed E-state index contributed by atoms with van der Waals surface area (Å²) in [6.07, 6.45) is 6.16. The van der Waals surface area contributed by atoms with Crippen molar-refractivity contribution in [2.45, 2.75) is 50.8 Å². The van der Waals surface area contributed by atoms with Gasteiger partial charge in [-0.25, -0.2) is 4.98 Å². The molecule has 0 unspecified atom stereocenters. The van der Waals surface area contributed by atoms with E-state index in [4.69, 9.17) is 4.74 Å². The zero-order chi connectivity index (χ0) is 18.1. The third kappa shape index (κ3) is 3.21. The molecular weight excluding hydrogens is 338 g/mol. The minimum atomic E-state index is 0.233. The van der Waals surface area contributed by atoms with E-state index in [2.05, 4.69) is 49.3 Å². The maximum Gasteiger partial charge on any atom is 0.213 e. The van der Waals surface area contributed by atoms with Crippen molar-refractivity contribution in [1.29, 1.82) is 0 Å². The largest absolute Gasteiger partial charge is 0.474 e. The van der Waals surface area contributed by atoms with Crippen LogP contribution in [0.5, 0.6) is 5.88 Å². The van der Waals surface area contributed by atoms with Crippen LogP contribution in [0.4, 0.5) is 0 Å². The predicted octanol–water partition coefficient (Wildman–Crippen LogP) is 3.37. The number of nitrogens with zero attached hydrogens (tertiary/aromatic N) is 4. The zero-order valence-electron chi connectivity index (χ0n) is 15.2. The van der Waals surface area contributed by atoms with E-state index >= 15 is 0 Å². The zero-order valence-corrected chi connectivity index (χ0v) is 15.2. The van der Waals surface area contributed by atoms with Gasteiger partial charge in [-0.15, -0.1) is 10.2 Å². The van der Waals surface area contributed by atoms with Crippen molar-refractivity contribution < 1.29 is 4.74 Å². The van der Waals surface area contributed by atoms with Crippen molar-refractivity contribution in [2.24, 2.45) is 0 Å². The highest BCUT2D eigenvalue weighted by molar-refractivity contribution is 5.44. The van der Waals surface area contributed by atoms with Gasteiger partial charge in [0.2, 0.25) is 5.88 Å². The predicted molar refractivity (Wildman–Crippen MR) is 102 cm³/mol. The summed E-state index contributed by atoms with van der Waals surface area (Å²) in [5.74, 6) is 3.23. The van der Waals surface area contributed by atoms with Crippen LogP contribution >= 0.6 is 0 Å². The number of hydrogen-bond acceptors (Lipinski definition) is 5. The Bertz CT molecular complexity index is 915. The van der Waals surface area contributed by atoms with Crippen LogP contribution in [0.15, 0.2) is 48.7 Å². The van der Waals surface area contributed by atoms with Gasteiger partial charge in [0.1, 0.15) is 11.9 Å². The third-order valence-corrected chi connectivity index (χ3v) is 5.55. The van der Waals surface area contributed by atoms with E-state index in [9.17, 15) is 0 Å². The van der Waals surface area contributed by atoms with Gasteiger partial charge in [0.25, 0.3) is 0 Å². The van der Waals surface area contributed by atoms with Crippen molar-refractivity contribution in [3.8, 4) is 11.6 Å². The van der Waals surface area contributed by atoms with Gasteiger partial charge in [-0.1, -0.05) is 24.3 Å². The van der Waals surface area contributed by atoms with Gasteiger partial charge in [-0.2, -0.15) is 0 Å². The van der Waals surface area contributed by atoms with E-state index in [-0.39, 0.29) is 6.10 Å². The molecule has 1 fully saturated rings. The molecule has 1 saturated carbocycles. The lowest BCUT2D eigenvalue weighted by molar-refractivity contribution is 0.139. The van der Waals surface area contributed by atoms with Crippen LogP contribution in [0.2, 0.25) is 0 Å². The summed E-state index contributed by atoms with van der Waals surface area (Å²) in [6, 6.07) is 14.3. The van der Waals surface area contributed by atoms with Crippen LogP contribution in [-0.2, 0) is 13.1 Å². The summed E-state index contributed by atoms with van der Waals surface area (Å²) in [5.41, 5.74) is 2.51. The molecular formula is C21H23N5O. The first-order valence-electron chi connectivity index (χ1n) is 9.69. The van der Waals surface area contributed by atoms with Crippen LogP contribution in [0.1, 0.15) is 48.8 Å². The second-order valence-corrected chi connectivity index (χ2v) is 7.30. The molecule has 0 atom stereocenters. The van der Waals surface area contributed by atoms with Crippen LogP contribution in [0.3, 0.4) is 0 Å². The normalized spacial score (nSPS) is 21.8. The molecule has 6 heteroatoms. The Labute approximate surface area is 158 Å². The van der Waals surface area contributed by atoms with Gasteiger partial charge in [0.05, 0.1) is 12.2 Å². The third-order valence-electron chi connectivity index (χ3n) is 5.55. The second-order valence-electron chi connectivity index (χ2n) is 7.30. The summed E-state index contributed by atoms with van der Waals surface area (Å²) in [5, 5.41) is 12.5. The van der Waals surface area contributed by atoms with Crippen molar-refractivity contribution >= 4 is 0 Å². The highest BCUT2D eigenvalue weighted by Gasteiger charge is 2.29. The topological polar surface area (TPSA) is 64.9 Å². The van der Waals surface area contributed by atoms with Crippen molar-refractivity contribution in [3.63, 3.8) is 0 Å². The summed E-state index contributed by atoms with van der Waals surface area (Å²) < 4.78 is 8.32. The van der Waals surface area contributed by atoms with Gasteiger partial charge in [0, 0.05) is 24.7 Å². The van der Waals surface area contributed by atoms with Gasteiger partial charge < -0.3 is 10.1 Å². The van der Waals surface area contributed by atoms with Crippen molar-refractivity contribution in [1.82, 2.24) is 25.1 Å². The van der Waals surface area contributed by atoms with Crippen LogP contribution in [0.25, 0.3) is 5.69 Å². The molecule has 6 nitrogen and oxygen atoms in total. The van der Waals surface area contributed by atoms with E-state index < -0.39 is 0 Å². The maximum atomic E-state index is 6.05. The molecule has 2 aromatic heterocycles. The van der Waals surface area contributed by atoms with E-state index in [0.29, 0.717) is 5.92 Å². The summed E-state index contributed by atoms with van der Waals surface area (Å²) in [4.78, 5) is 4.28. The molecule has 3 heterocycles. The SMILES string of the molecule is c1ccc(OC2CCC(c3nnc4n3-c3ccccc3CNC4)CC2)nc1. The average molecular weight is 361 g/mol. The maximum absolute atomic E-state index is 6.05. The quantitative estimate of drug-likeness (QED) is 0.775. The Kier molecular flexibility index (Phi) is 4.33. The van der Waals surface area contributed by atoms with Gasteiger partial charge in [0.15, 0.2) is 5.82 Å². The molecule has 0 radical (unpaired) electrons. The first-order chi connectivity index (χ1) is 13.4. The molecule has 0 saturated heterocycles. The number of fused-ring (bicyclic) bond motifs is 3. The number of ether oxygens (including phenoxy) is 1. The van der Waals surface area contributed by atoms with Crippen LogP contribution < -0.4 is 10.1 Å². The average Bonchev–Trinajstić information content (AvgIpc) is 3.05. The summed E-state index contributed by atoms with van der Waals surface area (Å²) in [7, 11) is 0. The molecule has 27 heavy (non-hydrogen) atoms. The summed E-state index contributed by atoms with van der Waals surface area (Å²) in [6.45, 7) is 1.61. The Morgan fingerprint density at radius 2 is 1.78 bits per heavy atom. The van der Waals surface area contributed by atoms with Crippen molar-refractivity contribution in [3.05, 3.63) is 65.9 Å². The lowest BCUT2D eigenvalue weighted by atomic mass is 9.86. The van der Waals surface area contributed by atoms with E-state index in [1.54, 1.807) is 6.20 Å². The number of para-hydroxylation sites is 1.